The fraction of sp³-hybridized carbons (Fsp3) is 0.368. The van der Waals surface area contributed by atoms with Gasteiger partial charge >= 0.3 is 23.9 Å². The van der Waals surface area contributed by atoms with Gasteiger partial charge < -0.3 is 67.5 Å². The molecule has 3 aliphatic rings. The second-order valence-corrected chi connectivity index (χ2v) is 35.3. The first-order valence-electron chi connectivity index (χ1n) is 40.0. The van der Waals surface area contributed by atoms with Crippen molar-refractivity contribution < 1.29 is 111 Å². The number of allylic oxidation sites excluding steroid dienone is 7. The molecule has 6 atom stereocenters. The van der Waals surface area contributed by atoms with Gasteiger partial charge in [-0.2, -0.15) is 29.8 Å². The molecule has 9 rings (SSSR count). The summed E-state index contributed by atoms with van der Waals surface area (Å²) in [5, 5.41) is 48.4. The third-order valence-corrected chi connectivity index (χ3v) is 23.7. The summed E-state index contributed by atoms with van der Waals surface area (Å²) >= 11 is 0. The number of hydrogen-bond donors (Lipinski definition) is 14. The van der Waals surface area contributed by atoms with E-state index in [2.05, 4.69) is 51.1 Å². The van der Waals surface area contributed by atoms with Crippen LogP contribution < -0.4 is 52.2 Å². The van der Waals surface area contributed by atoms with Gasteiger partial charge in [-0.3, -0.25) is 47.2 Å². The van der Waals surface area contributed by atoms with Gasteiger partial charge in [0.05, 0.1) is 28.4 Å². The lowest BCUT2D eigenvalue weighted by Gasteiger charge is -2.31. The van der Waals surface area contributed by atoms with E-state index in [0.29, 0.717) is 59.4 Å². The number of fused-ring (bicyclic) bond motifs is 2. The number of carbonyl (C=O) groups is 10. The molecule has 0 fully saturated rings. The van der Waals surface area contributed by atoms with E-state index in [0.717, 1.165) is 33.8 Å². The molecule has 0 saturated heterocycles. The highest BCUT2D eigenvalue weighted by Crippen LogP contribution is 2.51. The van der Waals surface area contributed by atoms with Crippen LogP contribution in [0.5, 0.6) is 5.75 Å². The summed E-state index contributed by atoms with van der Waals surface area (Å²) in [4.78, 5) is 133. The molecule has 3 unspecified atom stereocenters. The van der Waals surface area contributed by atoms with Crippen LogP contribution in [-0.4, -0.2) is 198 Å². The van der Waals surface area contributed by atoms with E-state index < -0.39 is 175 Å². The third kappa shape index (κ3) is 28.2. The van der Waals surface area contributed by atoms with Gasteiger partial charge in [0.25, 0.3) is 30.4 Å². The lowest BCUT2D eigenvalue weighted by atomic mass is 9.77. The van der Waals surface area contributed by atoms with Crippen molar-refractivity contribution in [2.45, 2.75) is 163 Å². The highest BCUT2D eigenvalue weighted by molar-refractivity contribution is 7.86. The van der Waals surface area contributed by atoms with E-state index in [1.807, 2.05) is 94.6 Å². The minimum Gasteiger partial charge on any atom is -0.481 e. The van der Waals surface area contributed by atoms with Crippen LogP contribution in [-0.2, 0) is 104 Å². The maximum atomic E-state index is 14.8. The summed E-state index contributed by atoms with van der Waals surface area (Å²) in [6.45, 7) is 5.51. The number of ether oxygens (including phenoxy) is 1. The van der Waals surface area contributed by atoms with Crippen molar-refractivity contribution in [3.05, 3.63) is 239 Å². The smallest absolute Gasteiger partial charge is 0.326 e. The average molecular weight is 1750 g/mol. The second kappa shape index (κ2) is 43.5. The van der Waals surface area contributed by atoms with Gasteiger partial charge in [0.15, 0.2) is 5.71 Å². The Bertz CT molecular complexity index is 5380. The number of benzene rings is 6. The summed E-state index contributed by atoms with van der Waals surface area (Å²) < 4.78 is 111. The largest absolute Gasteiger partial charge is 0.481 e. The Kier molecular flexibility index (Phi) is 33.5. The summed E-state index contributed by atoms with van der Waals surface area (Å²) in [6.07, 6.45) is 7.51. The van der Waals surface area contributed by atoms with Gasteiger partial charge in [0.1, 0.15) is 48.3 Å². The predicted octanol–water partition coefficient (Wildman–Crippen LogP) is 7.08. The van der Waals surface area contributed by atoms with Crippen LogP contribution in [0.3, 0.4) is 0 Å². The Balaban J connectivity index is 0.898. The highest BCUT2D eigenvalue weighted by atomic mass is 32.2. The van der Waals surface area contributed by atoms with E-state index in [1.54, 1.807) is 91.0 Å². The average Bonchev–Trinajstić information content (AvgIpc) is 1.59. The molecular weight excluding hydrogens is 1650 g/mol. The number of nitrogens with one attached hydrogen (secondary N) is 8. The van der Waals surface area contributed by atoms with Crippen molar-refractivity contribution in [3.63, 3.8) is 0 Å². The predicted molar refractivity (Wildman–Crippen MR) is 455 cm³/mol. The van der Waals surface area contributed by atoms with Crippen LogP contribution in [0.1, 0.15) is 126 Å². The van der Waals surface area contributed by atoms with E-state index in [4.69, 9.17) is 9.84 Å². The molecule has 6 aromatic carbocycles. The highest BCUT2D eigenvalue weighted by Gasteiger charge is 2.46. The number of nitrogens with zero attached hydrogens (tertiary/aromatic N) is 2. The van der Waals surface area contributed by atoms with Crippen LogP contribution >= 0.6 is 0 Å². The van der Waals surface area contributed by atoms with E-state index in [1.165, 1.54) is 24.3 Å². The van der Waals surface area contributed by atoms with Crippen LogP contribution in [0.2, 0.25) is 0 Å². The zero-order chi connectivity index (χ0) is 89.2. The third-order valence-electron chi connectivity index (χ3n) is 21.3. The Hall–Kier alpha value is -12.2. The molecule has 0 bridgehead atoms. The van der Waals surface area contributed by atoms with Crippen LogP contribution in [0.15, 0.2) is 216 Å². The minimum atomic E-state index is -4.59. The first kappa shape index (κ1) is 94.6. The van der Waals surface area contributed by atoms with Crippen LogP contribution in [0.4, 0.5) is 16.2 Å². The topological polar surface area (TPSA) is 506 Å². The van der Waals surface area contributed by atoms with Crippen molar-refractivity contribution in [2.75, 3.05) is 49.1 Å². The summed E-state index contributed by atoms with van der Waals surface area (Å²) in [5.41, 5.74) is 6.79. The summed E-state index contributed by atoms with van der Waals surface area (Å²) in [5.74, 6) is -9.09. The van der Waals surface area contributed by atoms with E-state index in [9.17, 15) is 97.1 Å². The molecule has 0 saturated carbocycles. The minimum absolute atomic E-state index is 0.000324. The fourth-order valence-electron chi connectivity index (χ4n) is 15.1. The van der Waals surface area contributed by atoms with Crippen LogP contribution in [0.25, 0.3) is 0 Å². The van der Waals surface area contributed by atoms with Gasteiger partial charge in [-0.25, -0.2) is 14.4 Å². The van der Waals surface area contributed by atoms with Crippen molar-refractivity contribution >= 4 is 107 Å². The van der Waals surface area contributed by atoms with Gasteiger partial charge in [-0.1, -0.05) is 133 Å². The lowest BCUT2D eigenvalue weighted by Crippen LogP contribution is -2.56. The molecule has 14 N–H and O–H groups in total. The first-order chi connectivity index (χ1) is 58.3. The molecule has 0 aromatic heterocycles. The maximum Gasteiger partial charge on any atom is 0.326 e. The molecule has 2 heterocycles. The zero-order valence-corrected chi connectivity index (χ0v) is 70.5. The summed E-state index contributed by atoms with van der Waals surface area (Å²) in [6, 6.07) is 38.2. The molecule has 33 nitrogen and oxygen atoms in total. The van der Waals surface area contributed by atoms with Crippen molar-refractivity contribution in [1.82, 2.24) is 42.5 Å². The second-order valence-electron chi connectivity index (χ2n) is 30.7. The standard InChI is InChI=1S/C87H102N10O23S3/c1-86(2)64-29-13-15-31-71(64)96(49-19-51-121(111,112)113)73(86)42-34-60-27-17-28-61(79(60)120-62-36-38-63(39-37-62)123(117,118)119)35-43-74-87(3,65-30-14-16-32-72(65)97(74)50-20-52-122(114,115)116)46-18-33-75(98)92-70(55-59-25-11-6-12-26-59)82(105)93-69(54-58-23-9-5-10-24-58)81(104)90-56-77(100)88-47-48-89-80(103)68(53-57-21-7-4-8-22-57)91-76(99)44-40-66(83(106)107)94-85(110)95-67(84(108)109)41-45-78(101)102/h4-16,21-26,29-32,34-39,42-43,66-70H,17-20,27-28,33,40-41,44-56H2,1-3H3,(H13-,88,89,90,91,92,93,94,95,98,99,100,101,102,103,104,105,106,107,108,109,110,111,112,113,114,115,116,117,118,119)/p+1/t66?,67?,68-,69-,70-,87?/m0/s1. The van der Waals surface area contributed by atoms with Crippen molar-refractivity contribution in [3.8, 4) is 5.75 Å². The fourth-order valence-corrected chi connectivity index (χ4v) is 16.6. The van der Waals surface area contributed by atoms with Crippen molar-refractivity contribution in [2.24, 2.45) is 0 Å². The number of urea groups is 1. The number of aliphatic carboxylic acids is 3. The Morgan fingerprint density at radius 3 is 1.59 bits per heavy atom. The number of carbonyl (C=O) groups excluding carboxylic acids is 7. The van der Waals surface area contributed by atoms with Gasteiger partial charge in [-0.15, -0.1) is 0 Å². The maximum absolute atomic E-state index is 14.8. The first-order valence-corrected chi connectivity index (χ1v) is 44.7. The Morgan fingerprint density at radius 2 is 1.02 bits per heavy atom. The van der Waals surface area contributed by atoms with Gasteiger partial charge in [0, 0.05) is 99.1 Å². The number of carboxylic acids is 3. The van der Waals surface area contributed by atoms with E-state index in [-0.39, 0.29) is 81.8 Å². The molecule has 0 radical (unpaired) electrons. The molecular formula is C87H103N10O23S3+. The normalized spacial score (nSPS) is 16.9. The van der Waals surface area contributed by atoms with Crippen LogP contribution in [0, 0.1) is 0 Å². The monoisotopic (exact) mass is 1750 g/mol. The SMILES string of the molecule is CC1(C)C(/C=C/C2=C(Oc3ccc(S(=O)(=O)O)cc3)C(=C\C=C3/N(CCCS(=O)(=O)O)c4ccccc4C3(C)CCCC(=O)N[C@@H](Cc3ccccc3)C(=O)N[C@@H](Cc3ccccc3)C(=O)NCC(=O)NCCNC(=O)[C@H](Cc3ccccc3)NC(=O)CCC(NC(=O)NC(CCC(=O)O)C(=O)O)C(=O)O)/CCC2)=[N+](CCCS(=O)(=O)O)c2ccccc21. The number of rotatable bonds is 45. The van der Waals surface area contributed by atoms with E-state index >= 15 is 0 Å². The molecule has 123 heavy (non-hydrogen) atoms. The summed E-state index contributed by atoms with van der Waals surface area (Å²) in [7, 11) is -13.3. The van der Waals surface area contributed by atoms with Gasteiger partial charge in [-0.05, 0) is 148 Å². The number of amides is 8. The molecule has 656 valence electrons. The zero-order valence-electron chi connectivity index (χ0n) is 68.1. The Labute approximate surface area is 713 Å². The Morgan fingerprint density at radius 1 is 0.512 bits per heavy atom. The quantitative estimate of drug-likeness (QED) is 0.0103. The molecule has 36 heteroatoms. The molecule has 1 aliphatic carbocycles. The molecule has 8 amide bonds. The number of anilines is 1. The number of para-hydroxylation sites is 2. The number of carboxylic acid groups (broad SMARTS) is 3. The number of hydrogen-bond acceptors (Lipinski definition) is 18. The van der Waals surface area contributed by atoms with Gasteiger partial charge in [0.2, 0.25) is 41.1 Å². The molecule has 2 aliphatic heterocycles. The molecule has 0 spiro atoms. The lowest BCUT2D eigenvalue weighted by molar-refractivity contribution is -0.437. The van der Waals surface area contributed by atoms with Crippen molar-refractivity contribution in [1.29, 1.82) is 0 Å². The molecule has 6 aromatic rings.